The first-order chi connectivity index (χ1) is 12.1. The molecule has 0 aliphatic carbocycles. The van der Waals surface area contributed by atoms with E-state index in [1.54, 1.807) is 4.90 Å². The number of hydrogen-bond donors (Lipinski definition) is 2. The third kappa shape index (κ3) is 6.21. The van der Waals surface area contributed by atoms with Crippen LogP contribution in [0.3, 0.4) is 0 Å². The summed E-state index contributed by atoms with van der Waals surface area (Å²) in [5, 5.41) is 5.61. The monoisotopic (exact) mass is 345 g/mol. The van der Waals surface area contributed by atoms with Gasteiger partial charge >= 0.3 is 0 Å². The van der Waals surface area contributed by atoms with E-state index < -0.39 is 0 Å². The fourth-order valence-corrected chi connectivity index (χ4v) is 2.92. The highest BCUT2D eigenvalue weighted by atomic mass is 16.2. The number of nitrogens with one attached hydrogen (secondary N) is 2. The lowest BCUT2D eigenvalue weighted by molar-refractivity contribution is -0.136. The predicted molar refractivity (Wildman–Crippen MR) is 95.5 cm³/mol. The Kier molecular flexibility index (Phi) is 7.44. The molecule has 0 spiro atoms. The van der Waals surface area contributed by atoms with Gasteiger partial charge in [0.05, 0.1) is 6.54 Å². The Morgan fingerprint density at radius 2 is 1.76 bits per heavy atom. The summed E-state index contributed by atoms with van der Waals surface area (Å²) in [5.74, 6) is -0.173. The number of amides is 3. The summed E-state index contributed by atoms with van der Waals surface area (Å²) in [6.07, 6.45) is 2.53. The summed E-state index contributed by atoms with van der Waals surface area (Å²) in [4.78, 5) is 37.5. The molecule has 1 aromatic carbocycles. The number of likely N-dealkylation sites (tertiary alicyclic amines) is 1. The first-order valence-electron chi connectivity index (χ1n) is 8.96. The minimum absolute atomic E-state index is 0.0453. The number of carbonyl (C=O) groups is 3. The number of rotatable bonds is 7. The summed E-state index contributed by atoms with van der Waals surface area (Å²) in [7, 11) is 0. The topological polar surface area (TPSA) is 78.5 Å². The fourth-order valence-electron chi connectivity index (χ4n) is 2.92. The molecule has 0 unspecified atom stereocenters. The third-order valence-electron chi connectivity index (χ3n) is 4.44. The zero-order chi connectivity index (χ0) is 18.1. The van der Waals surface area contributed by atoms with Crippen LogP contribution in [0, 0.1) is 5.92 Å². The number of nitrogens with zero attached hydrogens (tertiary/aromatic N) is 1. The van der Waals surface area contributed by atoms with Gasteiger partial charge in [-0.1, -0.05) is 37.3 Å². The highest BCUT2D eigenvalue weighted by molar-refractivity contribution is 5.85. The van der Waals surface area contributed by atoms with Gasteiger partial charge in [-0.2, -0.15) is 0 Å². The fraction of sp³-hybridized carbons (Fsp3) is 0.526. The first-order valence-corrected chi connectivity index (χ1v) is 8.96. The van der Waals surface area contributed by atoms with Crippen molar-refractivity contribution < 1.29 is 14.4 Å². The van der Waals surface area contributed by atoms with E-state index in [0.29, 0.717) is 38.9 Å². The van der Waals surface area contributed by atoms with Crippen LogP contribution >= 0.6 is 0 Å². The minimum Gasteiger partial charge on any atom is -0.352 e. The molecule has 1 aliphatic rings. The molecular weight excluding hydrogens is 318 g/mol. The lowest BCUT2D eigenvalue weighted by atomic mass is 9.95. The number of carbonyl (C=O) groups excluding carboxylic acids is 3. The Morgan fingerprint density at radius 3 is 2.40 bits per heavy atom. The van der Waals surface area contributed by atoms with Gasteiger partial charge in [-0.05, 0) is 24.8 Å². The average Bonchev–Trinajstić information content (AvgIpc) is 2.65. The van der Waals surface area contributed by atoms with Gasteiger partial charge in [-0.25, -0.2) is 0 Å². The van der Waals surface area contributed by atoms with Gasteiger partial charge in [0.2, 0.25) is 17.7 Å². The van der Waals surface area contributed by atoms with E-state index in [-0.39, 0.29) is 30.2 Å². The van der Waals surface area contributed by atoms with E-state index >= 15 is 0 Å². The largest absolute Gasteiger partial charge is 0.352 e. The second kappa shape index (κ2) is 9.81. The maximum atomic E-state index is 12.3. The summed E-state index contributed by atoms with van der Waals surface area (Å²) in [5.41, 5.74) is 1.08. The molecule has 0 bridgehead atoms. The molecule has 0 saturated carbocycles. The van der Waals surface area contributed by atoms with Crippen LogP contribution in [0.4, 0.5) is 0 Å². The molecule has 136 valence electrons. The maximum Gasteiger partial charge on any atom is 0.241 e. The Morgan fingerprint density at radius 1 is 1.08 bits per heavy atom. The van der Waals surface area contributed by atoms with Crippen molar-refractivity contribution in [2.24, 2.45) is 5.92 Å². The molecule has 6 heteroatoms. The maximum absolute atomic E-state index is 12.3. The van der Waals surface area contributed by atoms with Gasteiger partial charge in [0.25, 0.3) is 0 Å². The Balaban J connectivity index is 1.69. The Hall–Kier alpha value is -2.37. The summed E-state index contributed by atoms with van der Waals surface area (Å²) in [6.45, 7) is 3.62. The van der Waals surface area contributed by atoms with E-state index in [0.717, 1.165) is 12.0 Å². The van der Waals surface area contributed by atoms with Crippen molar-refractivity contribution in [3.63, 3.8) is 0 Å². The molecule has 0 atom stereocenters. The van der Waals surface area contributed by atoms with Crippen LogP contribution in [0.5, 0.6) is 0 Å². The van der Waals surface area contributed by atoms with Gasteiger partial charge in [-0.3, -0.25) is 14.4 Å². The Labute approximate surface area is 149 Å². The van der Waals surface area contributed by atoms with Crippen molar-refractivity contribution in [2.45, 2.75) is 39.2 Å². The van der Waals surface area contributed by atoms with E-state index in [1.807, 2.05) is 37.3 Å². The molecule has 3 amide bonds. The molecule has 2 rings (SSSR count). The smallest absolute Gasteiger partial charge is 0.241 e. The third-order valence-corrected chi connectivity index (χ3v) is 4.44. The summed E-state index contributed by atoms with van der Waals surface area (Å²) in [6, 6.07) is 9.81. The number of piperidine rings is 1. The van der Waals surface area contributed by atoms with E-state index in [2.05, 4.69) is 10.6 Å². The normalized spacial score (nSPS) is 14.8. The molecule has 1 aliphatic heterocycles. The van der Waals surface area contributed by atoms with Crippen molar-refractivity contribution in [3.05, 3.63) is 35.9 Å². The molecule has 0 aromatic heterocycles. The van der Waals surface area contributed by atoms with Crippen LogP contribution in [0.2, 0.25) is 0 Å². The van der Waals surface area contributed by atoms with Crippen molar-refractivity contribution in [1.29, 1.82) is 0 Å². The molecule has 1 aromatic rings. The van der Waals surface area contributed by atoms with E-state index in [1.165, 1.54) is 0 Å². The van der Waals surface area contributed by atoms with Crippen molar-refractivity contribution in [1.82, 2.24) is 15.5 Å². The second-order valence-electron chi connectivity index (χ2n) is 6.39. The summed E-state index contributed by atoms with van der Waals surface area (Å²) < 4.78 is 0. The van der Waals surface area contributed by atoms with E-state index in [4.69, 9.17) is 0 Å². The van der Waals surface area contributed by atoms with Gasteiger partial charge in [0, 0.05) is 32.0 Å². The van der Waals surface area contributed by atoms with Crippen LogP contribution in [0.15, 0.2) is 30.3 Å². The summed E-state index contributed by atoms with van der Waals surface area (Å²) >= 11 is 0. The lowest BCUT2D eigenvalue weighted by Crippen LogP contribution is -2.46. The number of benzene rings is 1. The van der Waals surface area contributed by atoms with Crippen molar-refractivity contribution in [3.8, 4) is 0 Å². The standard InChI is InChI=1S/C19H27N3O3/c1-2-6-17(23)20-14-18(24)22-11-9-16(10-12-22)19(25)21-13-15-7-4-3-5-8-15/h3-5,7-8,16H,2,6,9-14H2,1H3,(H,20,23)(H,21,25). The SMILES string of the molecule is CCCC(=O)NCC(=O)N1CCC(C(=O)NCc2ccccc2)CC1. The average molecular weight is 345 g/mol. The minimum atomic E-state index is -0.0916. The molecule has 0 radical (unpaired) electrons. The molecule has 1 fully saturated rings. The van der Waals surface area contributed by atoms with Gasteiger partial charge in [0.1, 0.15) is 0 Å². The molecule has 1 heterocycles. The van der Waals surface area contributed by atoms with Crippen LogP contribution in [-0.2, 0) is 20.9 Å². The zero-order valence-electron chi connectivity index (χ0n) is 14.8. The van der Waals surface area contributed by atoms with E-state index in [9.17, 15) is 14.4 Å². The van der Waals surface area contributed by atoms with Crippen LogP contribution in [0.1, 0.15) is 38.2 Å². The van der Waals surface area contributed by atoms with Crippen LogP contribution < -0.4 is 10.6 Å². The molecule has 25 heavy (non-hydrogen) atoms. The molecular formula is C19H27N3O3. The Bertz CT molecular complexity index is 581. The zero-order valence-corrected chi connectivity index (χ0v) is 14.8. The number of hydrogen-bond acceptors (Lipinski definition) is 3. The van der Waals surface area contributed by atoms with Gasteiger partial charge < -0.3 is 15.5 Å². The van der Waals surface area contributed by atoms with Crippen LogP contribution in [-0.4, -0.2) is 42.3 Å². The van der Waals surface area contributed by atoms with Crippen molar-refractivity contribution >= 4 is 17.7 Å². The molecule has 2 N–H and O–H groups in total. The highest BCUT2D eigenvalue weighted by Gasteiger charge is 2.27. The molecule has 1 saturated heterocycles. The van der Waals surface area contributed by atoms with Gasteiger partial charge in [0.15, 0.2) is 0 Å². The highest BCUT2D eigenvalue weighted by Crippen LogP contribution is 2.17. The quantitative estimate of drug-likeness (QED) is 0.785. The lowest BCUT2D eigenvalue weighted by Gasteiger charge is -2.31. The molecule has 6 nitrogen and oxygen atoms in total. The predicted octanol–water partition coefficient (Wildman–Crippen LogP) is 1.46. The van der Waals surface area contributed by atoms with Gasteiger partial charge in [-0.15, -0.1) is 0 Å². The first kappa shape index (κ1) is 19.0. The van der Waals surface area contributed by atoms with Crippen LogP contribution in [0.25, 0.3) is 0 Å². The van der Waals surface area contributed by atoms with Crippen molar-refractivity contribution in [2.75, 3.05) is 19.6 Å². The second-order valence-corrected chi connectivity index (χ2v) is 6.39.